The first-order valence-corrected chi connectivity index (χ1v) is 7.05. The van der Waals surface area contributed by atoms with Crippen LogP contribution in [0, 0.1) is 0 Å². The van der Waals surface area contributed by atoms with Crippen LogP contribution < -0.4 is 10.1 Å². The van der Waals surface area contributed by atoms with Gasteiger partial charge in [-0.05, 0) is 35.7 Å². The van der Waals surface area contributed by atoms with Gasteiger partial charge in [-0.25, -0.2) is 4.79 Å². The number of rotatable bonds is 5. The lowest BCUT2D eigenvalue weighted by atomic mass is 10.0. The number of carbonyl (C=O) groups excluding carboxylic acids is 2. The minimum absolute atomic E-state index is 0.187. The minimum Gasteiger partial charge on any atom is -0.425 e. The summed E-state index contributed by atoms with van der Waals surface area (Å²) in [7, 11) is 0. The second kappa shape index (κ2) is 7.36. The fourth-order valence-electron chi connectivity index (χ4n) is 1.85. The number of pyridine rings is 1. The lowest BCUT2D eigenvalue weighted by molar-refractivity contribution is -0.133. The van der Waals surface area contributed by atoms with Crippen LogP contribution in [-0.4, -0.2) is 23.4 Å². The van der Waals surface area contributed by atoms with Gasteiger partial charge >= 0.3 is 5.97 Å². The Bertz CT molecular complexity index is 637. The van der Waals surface area contributed by atoms with Gasteiger partial charge in [0, 0.05) is 18.0 Å². The second-order valence-corrected chi connectivity index (χ2v) is 5.12. The molecule has 0 aliphatic heterocycles. The summed E-state index contributed by atoms with van der Waals surface area (Å²) in [6.45, 7) is 4.00. The zero-order valence-corrected chi connectivity index (χ0v) is 12.6. The molecule has 0 spiro atoms. The van der Waals surface area contributed by atoms with Crippen LogP contribution >= 0.6 is 0 Å². The molecule has 1 aromatic heterocycles. The highest BCUT2D eigenvalue weighted by Gasteiger charge is 2.09. The van der Waals surface area contributed by atoms with Gasteiger partial charge in [0.05, 0.1) is 0 Å². The van der Waals surface area contributed by atoms with Crippen LogP contribution in [0.4, 0.5) is 0 Å². The quantitative estimate of drug-likeness (QED) is 0.680. The Morgan fingerprint density at radius 2 is 1.73 bits per heavy atom. The van der Waals surface area contributed by atoms with Crippen molar-refractivity contribution in [1.29, 1.82) is 0 Å². The number of nitrogens with zero attached hydrogens (tertiary/aromatic N) is 1. The van der Waals surface area contributed by atoms with Gasteiger partial charge in [-0.2, -0.15) is 0 Å². The fourth-order valence-corrected chi connectivity index (χ4v) is 1.85. The monoisotopic (exact) mass is 298 g/mol. The Kier molecular flexibility index (Phi) is 5.25. The maximum Gasteiger partial charge on any atom is 0.330 e. The van der Waals surface area contributed by atoms with Crippen LogP contribution in [0.2, 0.25) is 0 Å². The van der Waals surface area contributed by atoms with Crippen LogP contribution in [0.5, 0.6) is 5.75 Å². The fraction of sp³-hybridized carbons (Fsp3) is 0.235. The number of hydrogen-bond donors (Lipinski definition) is 1. The van der Waals surface area contributed by atoms with E-state index >= 15 is 0 Å². The van der Waals surface area contributed by atoms with Crippen molar-refractivity contribution in [2.24, 2.45) is 0 Å². The van der Waals surface area contributed by atoms with E-state index in [2.05, 4.69) is 24.1 Å². The van der Waals surface area contributed by atoms with E-state index in [9.17, 15) is 9.59 Å². The number of hydrogen-bond acceptors (Lipinski definition) is 4. The molecule has 5 heteroatoms. The average molecular weight is 298 g/mol. The van der Waals surface area contributed by atoms with Crippen molar-refractivity contribution in [3.05, 3.63) is 59.9 Å². The van der Waals surface area contributed by atoms with Gasteiger partial charge in [0.15, 0.2) is 0 Å². The summed E-state index contributed by atoms with van der Waals surface area (Å²) < 4.78 is 5.17. The molecule has 5 nitrogen and oxygen atoms in total. The van der Waals surface area contributed by atoms with Gasteiger partial charge in [0.2, 0.25) is 0 Å². The van der Waals surface area contributed by atoms with Gasteiger partial charge in [-0.1, -0.05) is 26.0 Å². The van der Waals surface area contributed by atoms with Crippen molar-refractivity contribution in [3.8, 4) is 5.75 Å². The smallest absolute Gasteiger partial charge is 0.330 e. The Morgan fingerprint density at radius 1 is 1.09 bits per heavy atom. The summed E-state index contributed by atoms with van der Waals surface area (Å²) in [6.07, 6.45) is 3.03. The molecule has 0 saturated carbocycles. The van der Waals surface area contributed by atoms with Crippen LogP contribution in [-0.2, 0) is 4.79 Å². The third-order valence-electron chi connectivity index (χ3n) is 3.11. The molecule has 0 aliphatic carbocycles. The van der Waals surface area contributed by atoms with Gasteiger partial charge in [0.25, 0.3) is 5.91 Å². The second-order valence-electron chi connectivity index (χ2n) is 5.12. The van der Waals surface area contributed by atoms with E-state index in [4.69, 9.17) is 4.74 Å². The standard InChI is InChI=1S/C17H18N2O3/c1-12(2)13-3-5-15(6-4-13)22-16(20)11-19-17(21)14-7-9-18-10-8-14/h3-10,12H,11H2,1-2H3,(H,19,21). The maximum atomic E-state index is 11.8. The number of aromatic nitrogens is 1. The Morgan fingerprint density at radius 3 is 2.32 bits per heavy atom. The molecule has 114 valence electrons. The van der Waals surface area contributed by atoms with Crippen LogP contribution in [0.1, 0.15) is 35.7 Å². The van der Waals surface area contributed by atoms with Crippen LogP contribution in [0.15, 0.2) is 48.8 Å². The SMILES string of the molecule is CC(C)c1ccc(OC(=O)CNC(=O)c2ccncc2)cc1. The normalized spacial score (nSPS) is 10.3. The molecule has 1 amide bonds. The molecule has 2 aromatic rings. The molecule has 0 fully saturated rings. The number of esters is 1. The molecule has 1 heterocycles. The Hall–Kier alpha value is -2.69. The predicted molar refractivity (Wildman–Crippen MR) is 82.7 cm³/mol. The van der Waals surface area contributed by atoms with E-state index in [0.717, 1.165) is 0 Å². The largest absolute Gasteiger partial charge is 0.425 e. The van der Waals surface area contributed by atoms with Crippen molar-refractivity contribution in [3.63, 3.8) is 0 Å². The Labute approximate surface area is 129 Å². The summed E-state index contributed by atoms with van der Waals surface area (Å²) in [6, 6.07) is 10.5. The summed E-state index contributed by atoms with van der Waals surface area (Å²) in [5.74, 6) is 0.0335. The summed E-state index contributed by atoms with van der Waals surface area (Å²) in [5.41, 5.74) is 1.62. The molecule has 0 atom stereocenters. The molecule has 0 bridgehead atoms. The summed E-state index contributed by atoms with van der Waals surface area (Å²) in [5, 5.41) is 2.51. The average Bonchev–Trinajstić information content (AvgIpc) is 2.54. The lowest BCUT2D eigenvalue weighted by Crippen LogP contribution is -2.31. The number of carbonyl (C=O) groups is 2. The molecule has 0 radical (unpaired) electrons. The zero-order valence-electron chi connectivity index (χ0n) is 12.6. The van der Waals surface area contributed by atoms with Gasteiger partial charge in [0.1, 0.15) is 12.3 Å². The van der Waals surface area contributed by atoms with Crippen LogP contribution in [0.3, 0.4) is 0 Å². The first kappa shape index (κ1) is 15.7. The molecular weight excluding hydrogens is 280 g/mol. The Balaban J connectivity index is 1.84. The van der Waals surface area contributed by atoms with Crippen molar-refractivity contribution in [2.75, 3.05) is 6.54 Å². The van der Waals surface area contributed by atoms with E-state index in [1.807, 2.05) is 12.1 Å². The zero-order chi connectivity index (χ0) is 15.9. The van der Waals surface area contributed by atoms with E-state index in [0.29, 0.717) is 17.2 Å². The number of ether oxygens (including phenoxy) is 1. The molecule has 1 N–H and O–H groups in total. The first-order chi connectivity index (χ1) is 10.6. The molecular formula is C17H18N2O3. The van der Waals surface area contributed by atoms with Gasteiger partial charge in [-0.15, -0.1) is 0 Å². The number of benzene rings is 1. The van der Waals surface area contributed by atoms with Gasteiger partial charge in [-0.3, -0.25) is 9.78 Å². The number of amides is 1. The van der Waals surface area contributed by atoms with E-state index in [1.165, 1.54) is 18.0 Å². The maximum absolute atomic E-state index is 11.8. The molecule has 0 aliphatic rings. The third-order valence-corrected chi connectivity index (χ3v) is 3.11. The summed E-state index contributed by atoms with van der Waals surface area (Å²) in [4.78, 5) is 27.3. The highest BCUT2D eigenvalue weighted by atomic mass is 16.5. The van der Waals surface area contributed by atoms with Gasteiger partial charge < -0.3 is 10.1 Å². The van der Waals surface area contributed by atoms with Crippen LogP contribution in [0.25, 0.3) is 0 Å². The molecule has 2 rings (SSSR count). The first-order valence-electron chi connectivity index (χ1n) is 7.05. The molecule has 22 heavy (non-hydrogen) atoms. The molecule has 0 saturated heterocycles. The van der Waals surface area contributed by atoms with E-state index in [-0.39, 0.29) is 12.5 Å². The van der Waals surface area contributed by atoms with Crippen molar-refractivity contribution in [2.45, 2.75) is 19.8 Å². The topological polar surface area (TPSA) is 68.3 Å². The highest BCUT2D eigenvalue weighted by molar-refractivity contribution is 5.95. The minimum atomic E-state index is -0.514. The predicted octanol–water partition coefficient (Wildman–Crippen LogP) is 2.54. The lowest BCUT2D eigenvalue weighted by Gasteiger charge is -2.08. The number of nitrogens with one attached hydrogen (secondary N) is 1. The van der Waals surface area contributed by atoms with Crippen molar-refractivity contribution < 1.29 is 14.3 Å². The van der Waals surface area contributed by atoms with Crippen molar-refractivity contribution in [1.82, 2.24) is 10.3 Å². The van der Waals surface area contributed by atoms with Crippen molar-refractivity contribution >= 4 is 11.9 Å². The summed E-state index contributed by atoms with van der Waals surface area (Å²) >= 11 is 0. The molecule has 0 unspecified atom stereocenters. The van der Waals surface area contributed by atoms with E-state index in [1.54, 1.807) is 24.3 Å². The third kappa shape index (κ3) is 4.41. The molecule has 1 aromatic carbocycles. The van der Waals surface area contributed by atoms with E-state index < -0.39 is 5.97 Å². The highest BCUT2D eigenvalue weighted by Crippen LogP contribution is 2.18.